The average Bonchev–Trinajstić information content (AvgIpc) is 2.89. The molecule has 1 saturated heterocycles. The number of carbonyl (C=O) groups is 1. The lowest BCUT2D eigenvalue weighted by molar-refractivity contribution is -0.134. The van der Waals surface area contributed by atoms with Crippen LogP contribution in [-0.2, 0) is 4.79 Å². The predicted octanol–water partition coefficient (Wildman–Crippen LogP) is 1.77. The molecule has 4 nitrogen and oxygen atoms in total. The Morgan fingerprint density at radius 3 is 2.67 bits per heavy atom. The highest BCUT2D eigenvalue weighted by molar-refractivity contribution is 5.81. The number of halogens is 1. The van der Waals surface area contributed by atoms with Crippen molar-refractivity contribution in [2.24, 2.45) is 5.73 Å². The van der Waals surface area contributed by atoms with Gasteiger partial charge in [-0.15, -0.1) is 0 Å². The molecule has 0 bridgehead atoms. The highest BCUT2D eigenvalue weighted by Crippen LogP contribution is 2.33. The number of benzene rings is 1. The average molecular weight is 293 g/mol. The Balaban J connectivity index is 2.34. The van der Waals surface area contributed by atoms with E-state index in [1.54, 1.807) is 31.1 Å². The molecule has 1 heterocycles. The fraction of sp³-hybridized carbons (Fsp3) is 0.562. The van der Waals surface area contributed by atoms with Gasteiger partial charge in [-0.05, 0) is 32.4 Å². The Morgan fingerprint density at radius 2 is 2.10 bits per heavy atom. The minimum Gasteiger partial charge on any atom is -0.347 e. The molecule has 3 atom stereocenters. The van der Waals surface area contributed by atoms with Gasteiger partial charge in [0.05, 0.1) is 12.1 Å². The number of carbonyl (C=O) groups excluding carboxylic acids is 1. The molecular formula is C16H24FN3O. The number of nitrogens with zero attached hydrogens (tertiary/aromatic N) is 2. The molecule has 1 aromatic carbocycles. The van der Waals surface area contributed by atoms with E-state index in [0.717, 1.165) is 19.4 Å². The molecule has 1 amide bonds. The minimum absolute atomic E-state index is 0.0643. The lowest BCUT2D eigenvalue weighted by Crippen LogP contribution is -2.48. The van der Waals surface area contributed by atoms with Gasteiger partial charge in [0.15, 0.2) is 0 Å². The second-order valence-electron chi connectivity index (χ2n) is 5.95. The predicted molar refractivity (Wildman–Crippen MR) is 81.2 cm³/mol. The van der Waals surface area contributed by atoms with Gasteiger partial charge in [0.25, 0.3) is 0 Å². The van der Waals surface area contributed by atoms with E-state index in [1.165, 1.54) is 6.07 Å². The van der Waals surface area contributed by atoms with E-state index in [-0.39, 0.29) is 29.8 Å². The van der Waals surface area contributed by atoms with Gasteiger partial charge in [-0.3, -0.25) is 9.69 Å². The zero-order chi connectivity index (χ0) is 15.6. The highest BCUT2D eigenvalue weighted by Gasteiger charge is 2.38. The van der Waals surface area contributed by atoms with Crippen LogP contribution in [0.3, 0.4) is 0 Å². The smallest absolute Gasteiger partial charge is 0.239 e. The summed E-state index contributed by atoms with van der Waals surface area (Å²) in [6.07, 6.45) is 1.73. The topological polar surface area (TPSA) is 49.6 Å². The number of amides is 1. The van der Waals surface area contributed by atoms with E-state index in [0.29, 0.717) is 5.56 Å². The Labute approximate surface area is 125 Å². The van der Waals surface area contributed by atoms with E-state index >= 15 is 0 Å². The van der Waals surface area contributed by atoms with Crippen molar-refractivity contribution >= 4 is 5.91 Å². The lowest BCUT2D eigenvalue weighted by Gasteiger charge is -2.36. The van der Waals surface area contributed by atoms with Crippen LogP contribution in [0.5, 0.6) is 0 Å². The molecular weight excluding hydrogens is 269 g/mol. The fourth-order valence-corrected chi connectivity index (χ4v) is 3.16. The zero-order valence-corrected chi connectivity index (χ0v) is 12.9. The first-order chi connectivity index (χ1) is 9.93. The highest BCUT2D eigenvalue weighted by atomic mass is 19.1. The van der Waals surface area contributed by atoms with Gasteiger partial charge in [0, 0.05) is 25.7 Å². The van der Waals surface area contributed by atoms with Crippen LogP contribution in [0.4, 0.5) is 4.39 Å². The van der Waals surface area contributed by atoms with E-state index < -0.39 is 0 Å². The maximum atomic E-state index is 14.2. The van der Waals surface area contributed by atoms with Crippen molar-refractivity contribution in [3.8, 4) is 0 Å². The second-order valence-corrected chi connectivity index (χ2v) is 5.95. The molecule has 0 aliphatic carbocycles. The van der Waals surface area contributed by atoms with Gasteiger partial charge in [-0.1, -0.05) is 18.2 Å². The van der Waals surface area contributed by atoms with Crippen molar-refractivity contribution in [3.05, 3.63) is 35.6 Å². The Kier molecular flexibility index (Phi) is 4.96. The van der Waals surface area contributed by atoms with Crippen LogP contribution in [0.25, 0.3) is 0 Å². The zero-order valence-electron chi connectivity index (χ0n) is 12.9. The summed E-state index contributed by atoms with van der Waals surface area (Å²) >= 11 is 0. The molecule has 5 heteroatoms. The van der Waals surface area contributed by atoms with Gasteiger partial charge in [-0.2, -0.15) is 0 Å². The van der Waals surface area contributed by atoms with Crippen molar-refractivity contribution in [1.29, 1.82) is 0 Å². The van der Waals surface area contributed by atoms with E-state index in [2.05, 4.69) is 4.90 Å². The van der Waals surface area contributed by atoms with Gasteiger partial charge in [-0.25, -0.2) is 4.39 Å². The Morgan fingerprint density at radius 1 is 1.43 bits per heavy atom. The molecule has 0 aromatic heterocycles. The fourth-order valence-electron chi connectivity index (χ4n) is 3.16. The molecule has 116 valence electrons. The summed E-state index contributed by atoms with van der Waals surface area (Å²) in [6, 6.07) is 5.95. The summed E-state index contributed by atoms with van der Waals surface area (Å²) in [5.41, 5.74) is 6.70. The molecule has 2 N–H and O–H groups in total. The van der Waals surface area contributed by atoms with Crippen LogP contribution < -0.4 is 5.73 Å². The number of nitrogens with two attached hydrogens (primary N) is 1. The second kappa shape index (κ2) is 6.54. The van der Waals surface area contributed by atoms with Crippen LogP contribution in [0.15, 0.2) is 24.3 Å². The normalized spacial score (nSPS) is 22.0. The summed E-state index contributed by atoms with van der Waals surface area (Å²) in [5.74, 6) is -0.197. The quantitative estimate of drug-likeness (QED) is 0.920. The molecule has 2 rings (SSSR count). The number of likely N-dealkylation sites (tertiary alicyclic amines) is 1. The first kappa shape index (κ1) is 15.9. The van der Waals surface area contributed by atoms with Gasteiger partial charge >= 0.3 is 0 Å². The van der Waals surface area contributed by atoms with E-state index in [9.17, 15) is 9.18 Å². The first-order valence-electron chi connectivity index (χ1n) is 7.40. The van der Waals surface area contributed by atoms with E-state index in [4.69, 9.17) is 5.73 Å². The molecule has 0 radical (unpaired) electrons. The molecule has 1 fully saturated rings. The van der Waals surface area contributed by atoms with Crippen LogP contribution in [0, 0.1) is 5.82 Å². The first-order valence-corrected chi connectivity index (χ1v) is 7.40. The summed E-state index contributed by atoms with van der Waals surface area (Å²) in [5, 5.41) is 0. The molecule has 0 saturated carbocycles. The number of likely N-dealkylation sites (N-methyl/N-ethyl adjacent to an activating group) is 1. The van der Waals surface area contributed by atoms with Gasteiger partial charge in [0.2, 0.25) is 5.91 Å². The van der Waals surface area contributed by atoms with Crippen LogP contribution >= 0.6 is 0 Å². The third-order valence-corrected chi connectivity index (χ3v) is 4.10. The Hall–Kier alpha value is -1.46. The third kappa shape index (κ3) is 3.24. The lowest BCUT2D eigenvalue weighted by atomic mass is 9.97. The standard InChI is InChI=1S/C16H24FN3O/c1-11(18)15(12-7-4-5-8-13(12)17)20-10-6-9-14(20)16(21)19(2)3/h4-5,7-8,11,14-15H,6,9-10,18H2,1-3H3. The van der Waals surface area contributed by atoms with Crippen molar-refractivity contribution in [2.75, 3.05) is 20.6 Å². The van der Waals surface area contributed by atoms with E-state index in [1.807, 2.05) is 13.0 Å². The molecule has 1 aliphatic heterocycles. The SMILES string of the molecule is CC(N)C(c1ccccc1F)N1CCCC1C(=O)N(C)C. The Bertz CT molecular complexity index is 504. The maximum Gasteiger partial charge on any atom is 0.239 e. The molecule has 0 spiro atoms. The molecule has 21 heavy (non-hydrogen) atoms. The van der Waals surface area contributed by atoms with Gasteiger partial charge in [0.1, 0.15) is 5.82 Å². The maximum absolute atomic E-state index is 14.2. The van der Waals surface area contributed by atoms with Crippen LogP contribution in [0.1, 0.15) is 31.4 Å². The van der Waals surface area contributed by atoms with Crippen LogP contribution in [0.2, 0.25) is 0 Å². The van der Waals surface area contributed by atoms with Crippen molar-refractivity contribution in [1.82, 2.24) is 9.80 Å². The summed E-state index contributed by atoms with van der Waals surface area (Å²) in [7, 11) is 3.51. The number of hydrogen-bond acceptors (Lipinski definition) is 3. The summed E-state index contributed by atoms with van der Waals surface area (Å²) in [6.45, 7) is 2.64. The summed E-state index contributed by atoms with van der Waals surface area (Å²) in [4.78, 5) is 16.0. The monoisotopic (exact) mass is 293 g/mol. The van der Waals surface area contributed by atoms with Crippen molar-refractivity contribution < 1.29 is 9.18 Å². The largest absolute Gasteiger partial charge is 0.347 e. The molecule has 3 unspecified atom stereocenters. The van der Waals surface area contributed by atoms with Crippen LogP contribution in [-0.4, -0.2) is 48.4 Å². The number of hydrogen-bond donors (Lipinski definition) is 1. The van der Waals surface area contributed by atoms with Crippen molar-refractivity contribution in [2.45, 2.75) is 37.9 Å². The third-order valence-electron chi connectivity index (χ3n) is 4.10. The summed E-state index contributed by atoms with van der Waals surface area (Å²) < 4.78 is 14.2. The van der Waals surface area contributed by atoms with Crippen molar-refractivity contribution in [3.63, 3.8) is 0 Å². The molecule has 1 aliphatic rings. The number of rotatable bonds is 4. The minimum atomic E-state index is -0.275. The van der Waals surface area contributed by atoms with Gasteiger partial charge < -0.3 is 10.6 Å². The molecule has 1 aromatic rings.